The molecular weight excluding hydrogens is 902 g/mol. The lowest BCUT2D eigenvalue weighted by molar-refractivity contribution is -0.145. The van der Waals surface area contributed by atoms with Gasteiger partial charge in [0.2, 0.25) is 21.8 Å². The number of hydrogen-bond donors (Lipinski definition) is 3. The van der Waals surface area contributed by atoms with Gasteiger partial charge in [0.05, 0.1) is 16.8 Å². The number of pyridine rings is 2. The monoisotopic (exact) mass is 956 g/mol. The molecule has 0 bridgehead atoms. The number of allylic oxidation sites excluding steroid dienone is 1. The van der Waals surface area contributed by atoms with Gasteiger partial charge in [0.1, 0.15) is 49.5 Å². The second-order valence-corrected chi connectivity index (χ2v) is 20.7. The fourth-order valence-electron chi connectivity index (χ4n) is 8.08. The van der Waals surface area contributed by atoms with E-state index < -0.39 is 111 Å². The Morgan fingerprint density at radius 1 is 1.01 bits per heavy atom. The number of nitrogens with one attached hydrogen (secondary N) is 3. The first-order valence-electron chi connectivity index (χ1n) is 22.0. The van der Waals surface area contributed by atoms with Crippen molar-refractivity contribution in [3.05, 3.63) is 72.7 Å². The highest BCUT2D eigenvalue weighted by molar-refractivity contribution is 7.91. The minimum atomic E-state index is -5.06. The molecule has 21 heteroatoms. The van der Waals surface area contributed by atoms with Gasteiger partial charge in [-0.05, 0) is 89.3 Å². The molecule has 2 aromatic heterocycles. The van der Waals surface area contributed by atoms with E-state index in [1.54, 1.807) is 51.4 Å². The number of halogens is 3. The molecule has 2 aliphatic carbocycles. The number of unbranched alkanes of at least 4 members (excludes halogenated alkanes) is 3. The molecular formula is C46H55F3N6O11S. The molecule has 4 heterocycles. The Balaban J connectivity index is 1.19. The van der Waals surface area contributed by atoms with Crippen molar-refractivity contribution in [2.45, 2.75) is 113 Å². The van der Waals surface area contributed by atoms with Crippen molar-refractivity contribution < 1.29 is 64.5 Å². The lowest BCUT2D eigenvalue weighted by Crippen LogP contribution is -2.57. The maximum Gasteiger partial charge on any atom is 0.437 e. The van der Waals surface area contributed by atoms with Crippen LogP contribution in [0.1, 0.15) is 85.3 Å². The Kier molecular flexibility index (Phi) is 13.5. The van der Waals surface area contributed by atoms with E-state index in [1.807, 2.05) is 13.0 Å². The minimum Gasteiger partial charge on any atom is -0.490 e. The van der Waals surface area contributed by atoms with Crippen LogP contribution < -0.4 is 34.3 Å². The zero-order valence-corrected chi connectivity index (χ0v) is 38.7. The molecule has 7 rings (SSSR count). The summed E-state index contributed by atoms with van der Waals surface area (Å²) in [6.45, 7) is 10.9. The highest BCUT2D eigenvalue weighted by Crippen LogP contribution is 2.53. The van der Waals surface area contributed by atoms with Gasteiger partial charge in [-0.3, -0.25) is 24.1 Å². The van der Waals surface area contributed by atoms with Crippen LogP contribution >= 0.6 is 0 Å². The summed E-state index contributed by atoms with van der Waals surface area (Å²) in [5.74, 6) is -3.98. The predicted molar refractivity (Wildman–Crippen MR) is 237 cm³/mol. The number of benzene rings is 1. The summed E-state index contributed by atoms with van der Waals surface area (Å²) in [7, 11) is -4.20. The van der Waals surface area contributed by atoms with Crippen LogP contribution in [-0.4, -0.2) is 108 Å². The van der Waals surface area contributed by atoms with Gasteiger partial charge in [0.25, 0.3) is 5.91 Å². The first-order valence-corrected chi connectivity index (χ1v) is 23.5. The molecule has 2 aliphatic heterocycles. The van der Waals surface area contributed by atoms with Crippen molar-refractivity contribution >= 4 is 44.7 Å². The number of aromatic nitrogens is 2. The highest BCUT2D eigenvalue weighted by Gasteiger charge is 2.67. The molecule has 4 atom stereocenters. The summed E-state index contributed by atoms with van der Waals surface area (Å²) in [5.41, 5.74) is -6.04. The number of carbonyl (C=O) groups excluding carboxylic acids is 4. The summed E-state index contributed by atoms with van der Waals surface area (Å²) < 4.78 is 101. The predicted octanol–water partition coefficient (Wildman–Crippen LogP) is 5.92. The van der Waals surface area contributed by atoms with E-state index in [9.17, 15) is 40.8 Å². The molecule has 17 nitrogen and oxygen atoms in total. The van der Waals surface area contributed by atoms with Gasteiger partial charge < -0.3 is 39.2 Å². The summed E-state index contributed by atoms with van der Waals surface area (Å²) in [6.07, 6.45) is 4.15. The van der Waals surface area contributed by atoms with Gasteiger partial charge in [-0.1, -0.05) is 38.5 Å². The van der Waals surface area contributed by atoms with Crippen LogP contribution in [0, 0.1) is 5.92 Å². The topological polar surface area (TPSA) is 214 Å². The number of fused-ring (bicyclic) bond motifs is 3. The van der Waals surface area contributed by atoms with E-state index in [-0.39, 0.29) is 41.2 Å². The molecule has 1 saturated heterocycles. The largest absolute Gasteiger partial charge is 0.490 e. The zero-order chi connectivity index (χ0) is 48.6. The van der Waals surface area contributed by atoms with Gasteiger partial charge in [0, 0.05) is 30.1 Å². The van der Waals surface area contributed by atoms with Crippen molar-refractivity contribution in [2.75, 3.05) is 32.9 Å². The van der Waals surface area contributed by atoms with Crippen LogP contribution in [0.2, 0.25) is 0 Å². The Morgan fingerprint density at radius 3 is 2.37 bits per heavy atom. The molecule has 3 fully saturated rings. The average Bonchev–Trinajstić information content (AvgIpc) is 4.10. The number of carbonyl (C=O) groups is 4. The highest BCUT2D eigenvalue weighted by atomic mass is 32.2. The average molecular weight is 957 g/mol. The van der Waals surface area contributed by atoms with Crippen molar-refractivity contribution in [1.29, 1.82) is 0 Å². The molecule has 4 unspecified atom stereocenters. The quantitative estimate of drug-likeness (QED) is 0.106. The number of sulfonamides is 1. The molecule has 4 aliphatic rings. The zero-order valence-electron chi connectivity index (χ0n) is 37.9. The number of ether oxygens (including phenoxy) is 5. The Morgan fingerprint density at radius 2 is 1.72 bits per heavy atom. The van der Waals surface area contributed by atoms with E-state index in [0.717, 1.165) is 24.2 Å². The number of amides is 4. The lowest BCUT2D eigenvalue weighted by atomic mass is 9.98. The second-order valence-electron chi connectivity index (χ2n) is 18.5. The third kappa shape index (κ3) is 10.6. The Labute approximate surface area is 386 Å². The number of likely N-dealkylation sites (tertiary alicyclic amines) is 1. The van der Waals surface area contributed by atoms with E-state index in [1.165, 1.54) is 25.1 Å². The molecule has 4 amide bonds. The summed E-state index contributed by atoms with van der Waals surface area (Å²) in [5, 5.41) is 5.16. The van der Waals surface area contributed by atoms with E-state index in [0.29, 0.717) is 25.0 Å². The van der Waals surface area contributed by atoms with E-state index in [2.05, 4.69) is 31.9 Å². The second kappa shape index (κ2) is 18.5. The maximum absolute atomic E-state index is 14.9. The molecule has 362 valence electrons. The summed E-state index contributed by atoms with van der Waals surface area (Å²) >= 11 is 0. The van der Waals surface area contributed by atoms with Crippen LogP contribution in [0.25, 0.3) is 10.9 Å². The Hall–Kier alpha value is -6.12. The maximum atomic E-state index is 14.9. The van der Waals surface area contributed by atoms with Crippen molar-refractivity contribution in [2.24, 2.45) is 5.92 Å². The number of rotatable bonds is 17. The molecule has 0 radical (unpaired) electrons. The summed E-state index contributed by atoms with van der Waals surface area (Å²) in [6, 6.07) is 6.02. The number of hydrogen-bond acceptors (Lipinski definition) is 13. The first kappa shape index (κ1) is 48.8. The third-order valence-corrected chi connectivity index (χ3v) is 14.2. The number of alkyl carbamates (subject to hydrolysis) is 1. The van der Waals surface area contributed by atoms with Crippen LogP contribution in [0.3, 0.4) is 0 Å². The van der Waals surface area contributed by atoms with Crippen molar-refractivity contribution in [1.82, 2.24) is 30.2 Å². The molecule has 2 saturated carbocycles. The lowest BCUT2D eigenvalue weighted by Gasteiger charge is -2.36. The standard InChI is InChI=1S/C46H55F3N6O11S/c1-7-8-9-10-11-12-32-28(2)45(32,40(58)54-67(60,61)43(6)17-18-43)53-39(57)34-24-44(26-55(34)35(56)25-51-41(59)66-42(3,4)5)27-64-36-31-23-30(63-22-21-62-29-15-19-50-20-16-29)13-14-33(31)52-38(37(36)65-44)46(47,48)49/h11-16,19-20,23,32,34H,2,7-10,17-18,21-22,24-27H2,1,3-6H3,(H,51,59)(H,53,57)(H,54,58). The SMILES string of the molecule is C=C1C(C=CCCCCC)C1(NC(=O)C1CC2(COc3c(c(C(F)(F)F)nc4ccc(OCCOc5ccncc5)cc34)O2)CN1C(=O)CNC(=O)OC(C)(C)C)C(=O)NS(=O)(=O)C1(C)CC1. The van der Waals surface area contributed by atoms with Crippen LogP contribution in [0.4, 0.5) is 18.0 Å². The summed E-state index contributed by atoms with van der Waals surface area (Å²) in [4.78, 5) is 64.4. The van der Waals surface area contributed by atoms with E-state index >= 15 is 0 Å². The molecule has 3 N–H and O–H groups in total. The molecule has 1 spiro atoms. The first-order chi connectivity index (χ1) is 31.5. The molecule has 67 heavy (non-hydrogen) atoms. The Bertz CT molecular complexity index is 2570. The number of alkyl halides is 3. The third-order valence-electron chi connectivity index (χ3n) is 12.1. The van der Waals surface area contributed by atoms with Crippen LogP contribution in [-0.2, 0) is 35.3 Å². The van der Waals surface area contributed by atoms with Gasteiger partial charge in [-0.25, -0.2) is 18.2 Å². The van der Waals surface area contributed by atoms with Crippen LogP contribution in [0.15, 0.2) is 67.0 Å². The molecule has 3 aromatic rings. The normalized spacial score (nSPS) is 22.9. The van der Waals surface area contributed by atoms with E-state index in [4.69, 9.17) is 23.7 Å². The minimum absolute atomic E-state index is 0.0716. The van der Waals surface area contributed by atoms with Gasteiger partial charge >= 0.3 is 12.3 Å². The van der Waals surface area contributed by atoms with Gasteiger partial charge in [-0.2, -0.15) is 13.2 Å². The fourth-order valence-corrected chi connectivity index (χ4v) is 9.37. The van der Waals surface area contributed by atoms with Crippen molar-refractivity contribution in [3.8, 4) is 23.0 Å². The van der Waals surface area contributed by atoms with Gasteiger partial charge in [0.15, 0.2) is 28.3 Å². The number of nitrogens with zero attached hydrogens (tertiary/aromatic N) is 3. The molecule has 1 aromatic carbocycles. The van der Waals surface area contributed by atoms with Gasteiger partial charge in [-0.15, -0.1) is 0 Å². The smallest absolute Gasteiger partial charge is 0.437 e. The van der Waals surface area contributed by atoms with Crippen LogP contribution in [0.5, 0.6) is 23.0 Å². The fraction of sp³-hybridized carbons (Fsp3) is 0.522. The van der Waals surface area contributed by atoms with Crippen molar-refractivity contribution in [3.63, 3.8) is 0 Å².